The molecule has 0 fully saturated rings. The summed E-state index contributed by atoms with van der Waals surface area (Å²) in [6.07, 6.45) is 4.99. The van der Waals surface area contributed by atoms with Gasteiger partial charge in [0.15, 0.2) is 0 Å². The highest BCUT2D eigenvalue weighted by Crippen LogP contribution is 2.15. The number of nitrogens with zero attached hydrogens (tertiary/aromatic N) is 2. The normalized spacial score (nSPS) is 10.8. The second-order valence-corrected chi connectivity index (χ2v) is 3.82. The molecule has 1 aromatic rings. The molecule has 0 unspecified atom stereocenters. The van der Waals surface area contributed by atoms with Crippen molar-refractivity contribution in [2.75, 3.05) is 13.1 Å². The Balaban J connectivity index is 2.24. The predicted octanol–water partition coefficient (Wildman–Crippen LogP) is 2.01. The number of nitrogens with one attached hydrogen (secondary N) is 1. The molecule has 0 aliphatic heterocycles. The Bertz CT molecular complexity index is 251. The monoisotopic (exact) mass is 215 g/mol. The van der Waals surface area contributed by atoms with Crippen LogP contribution in [-0.4, -0.2) is 22.9 Å². The molecule has 0 saturated carbocycles. The second kappa shape index (κ2) is 6.04. The fourth-order valence-electron chi connectivity index (χ4n) is 1.40. The highest BCUT2D eigenvalue weighted by atomic mass is 35.5. The van der Waals surface area contributed by atoms with E-state index in [1.54, 1.807) is 6.20 Å². The van der Waals surface area contributed by atoms with Crippen LogP contribution in [0.1, 0.15) is 25.5 Å². The van der Waals surface area contributed by atoms with E-state index < -0.39 is 0 Å². The standard InChI is InChI=1S/C10H18ClN3/c1-3-6-12-7-4-5-10-9(11)8-13-14(10)2/h8,12H,3-7H2,1-2H3. The summed E-state index contributed by atoms with van der Waals surface area (Å²) in [6.45, 7) is 4.32. The molecule has 0 amide bonds. The minimum absolute atomic E-state index is 0.781. The maximum Gasteiger partial charge on any atom is 0.0817 e. The first-order valence-electron chi connectivity index (χ1n) is 5.12. The Morgan fingerprint density at radius 2 is 2.29 bits per heavy atom. The molecular weight excluding hydrogens is 198 g/mol. The maximum absolute atomic E-state index is 5.98. The van der Waals surface area contributed by atoms with Crippen LogP contribution >= 0.6 is 11.6 Å². The molecule has 0 spiro atoms. The average Bonchev–Trinajstić information content (AvgIpc) is 2.48. The quantitative estimate of drug-likeness (QED) is 0.736. The summed E-state index contributed by atoms with van der Waals surface area (Å²) in [7, 11) is 1.93. The molecule has 0 bridgehead atoms. The molecule has 1 N–H and O–H groups in total. The topological polar surface area (TPSA) is 29.9 Å². The van der Waals surface area contributed by atoms with Crippen LogP contribution in [0.5, 0.6) is 0 Å². The van der Waals surface area contributed by atoms with Crippen LogP contribution in [0.15, 0.2) is 6.20 Å². The second-order valence-electron chi connectivity index (χ2n) is 3.42. The van der Waals surface area contributed by atoms with E-state index in [0.29, 0.717) is 0 Å². The Morgan fingerprint density at radius 3 is 2.86 bits per heavy atom. The summed E-state index contributed by atoms with van der Waals surface area (Å²) in [5.74, 6) is 0. The third-order valence-electron chi connectivity index (χ3n) is 2.20. The minimum atomic E-state index is 0.781. The number of rotatable bonds is 6. The van der Waals surface area contributed by atoms with Gasteiger partial charge < -0.3 is 5.32 Å². The van der Waals surface area contributed by atoms with Crippen molar-refractivity contribution in [2.24, 2.45) is 7.05 Å². The van der Waals surface area contributed by atoms with Crippen LogP contribution in [0, 0.1) is 0 Å². The van der Waals surface area contributed by atoms with Gasteiger partial charge in [-0.3, -0.25) is 4.68 Å². The van der Waals surface area contributed by atoms with Gasteiger partial charge in [0.05, 0.1) is 16.9 Å². The van der Waals surface area contributed by atoms with E-state index in [1.807, 2.05) is 11.7 Å². The lowest BCUT2D eigenvalue weighted by Gasteiger charge is -2.04. The molecule has 1 aromatic heterocycles. The Kier molecular flexibility index (Phi) is 4.98. The summed E-state index contributed by atoms with van der Waals surface area (Å²) in [4.78, 5) is 0. The average molecular weight is 216 g/mol. The lowest BCUT2D eigenvalue weighted by molar-refractivity contribution is 0.618. The number of hydrogen-bond donors (Lipinski definition) is 1. The molecule has 0 aliphatic rings. The lowest BCUT2D eigenvalue weighted by atomic mass is 10.2. The molecule has 0 aliphatic carbocycles. The molecule has 80 valence electrons. The van der Waals surface area contributed by atoms with Crippen LogP contribution < -0.4 is 5.32 Å². The number of halogens is 1. The van der Waals surface area contributed by atoms with Crippen molar-refractivity contribution >= 4 is 11.6 Å². The predicted molar refractivity (Wildman–Crippen MR) is 59.7 cm³/mol. The van der Waals surface area contributed by atoms with Crippen LogP contribution in [0.3, 0.4) is 0 Å². The van der Waals surface area contributed by atoms with Crippen LogP contribution in [0.2, 0.25) is 5.02 Å². The van der Waals surface area contributed by atoms with Gasteiger partial charge in [-0.1, -0.05) is 18.5 Å². The minimum Gasteiger partial charge on any atom is -0.317 e. The van der Waals surface area contributed by atoms with E-state index in [0.717, 1.165) is 36.6 Å². The van der Waals surface area contributed by atoms with Crippen molar-refractivity contribution in [3.05, 3.63) is 16.9 Å². The zero-order chi connectivity index (χ0) is 10.4. The highest BCUT2D eigenvalue weighted by Gasteiger charge is 2.04. The lowest BCUT2D eigenvalue weighted by Crippen LogP contribution is -2.16. The maximum atomic E-state index is 5.98. The van der Waals surface area contributed by atoms with Gasteiger partial charge in [-0.15, -0.1) is 0 Å². The van der Waals surface area contributed by atoms with Crippen LogP contribution in [0.4, 0.5) is 0 Å². The van der Waals surface area contributed by atoms with Gasteiger partial charge in [0.1, 0.15) is 0 Å². The van der Waals surface area contributed by atoms with E-state index in [4.69, 9.17) is 11.6 Å². The highest BCUT2D eigenvalue weighted by molar-refractivity contribution is 6.31. The van der Waals surface area contributed by atoms with E-state index in [-0.39, 0.29) is 0 Å². The summed E-state index contributed by atoms with van der Waals surface area (Å²) < 4.78 is 1.85. The first-order chi connectivity index (χ1) is 6.75. The van der Waals surface area contributed by atoms with E-state index in [9.17, 15) is 0 Å². The molecule has 14 heavy (non-hydrogen) atoms. The van der Waals surface area contributed by atoms with E-state index in [2.05, 4.69) is 17.3 Å². The molecule has 1 rings (SSSR count). The molecular formula is C10H18ClN3. The summed E-state index contributed by atoms with van der Waals surface area (Å²) in [5.41, 5.74) is 1.13. The van der Waals surface area contributed by atoms with Crippen molar-refractivity contribution < 1.29 is 0 Å². The molecule has 3 nitrogen and oxygen atoms in total. The smallest absolute Gasteiger partial charge is 0.0817 e. The van der Waals surface area contributed by atoms with Gasteiger partial charge >= 0.3 is 0 Å². The van der Waals surface area contributed by atoms with Gasteiger partial charge in [0.2, 0.25) is 0 Å². The Labute approximate surface area is 90.4 Å². The van der Waals surface area contributed by atoms with Gasteiger partial charge in [-0.25, -0.2) is 0 Å². The van der Waals surface area contributed by atoms with Crippen molar-refractivity contribution in [2.45, 2.75) is 26.2 Å². The molecule has 0 saturated heterocycles. The zero-order valence-corrected chi connectivity index (χ0v) is 9.64. The number of hydrogen-bond acceptors (Lipinski definition) is 2. The fraction of sp³-hybridized carbons (Fsp3) is 0.700. The third kappa shape index (κ3) is 3.31. The van der Waals surface area contributed by atoms with Crippen molar-refractivity contribution in [3.8, 4) is 0 Å². The van der Waals surface area contributed by atoms with Crippen molar-refractivity contribution in [1.29, 1.82) is 0 Å². The molecule has 0 aromatic carbocycles. The first-order valence-corrected chi connectivity index (χ1v) is 5.50. The number of aromatic nitrogens is 2. The third-order valence-corrected chi connectivity index (χ3v) is 2.52. The Morgan fingerprint density at radius 1 is 1.50 bits per heavy atom. The van der Waals surface area contributed by atoms with Crippen LogP contribution in [-0.2, 0) is 13.5 Å². The molecule has 0 atom stereocenters. The largest absolute Gasteiger partial charge is 0.317 e. The zero-order valence-electron chi connectivity index (χ0n) is 8.89. The Hall–Kier alpha value is -0.540. The van der Waals surface area contributed by atoms with E-state index >= 15 is 0 Å². The SMILES string of the molecule is CCCNCCCc1c(Cl)cnn1C. The summed E-state index contributed by atoms with van der Waals surface area (Å²) in [5, 5.41) is 8.24. The van der Waals surface area contributed by atoms with Gasteiger partial charge in [0, 0.05) is 7.05 Å². The first kappa shape index (κ1) is 11.5. The van der Waals surface area contributed by atoms with Crippen molar-refractivity contribution in [3.63, 3.8) is 0 Å². The van der Waals surface area contributed by atoms with Crippen molar-refractivity contribution in [1.82, 2.24) is 15.1 Å². The summed E-state index contributed by atoms with van der Waals surface area (Å²) in [6, 6.07) is 0. The van der Waals surface area contributed by atoms with Crippen LogP contribution in [0.25, 0.3) is 0 Å². The van der Waals surface area contributed by atoms with Gasteiger partial charge in [0.25, 0.3) is 0 Å². The van der Waals surface area contributed by atoms with E-state index in [1.165, 1.54) is 6.42 Å². The van der Waals surface area contributed by atoms with Gasteiger partial charge in [-0.05, 0) is 32.4 Å². The summed E-state index contributed by atoms with van der Waals surface area (Å²) >= 11 is 5.98. The number of aryl methyl sites for hydroxylation is 1. The molecule has 0 radical (unpaired) electrons. The van der Waals surface area contributed by atoms with Gasteiger partial charge in [-0.2, -0.15) is 5.10 Å². The molecule has 4 heteroatoms. The molecule has 1 heterocycles. The fourth-order valence-corrected chi connectivity index (χ4v) is 1.66.